The summed E-state index contributed by atoms with van der Waals surface area (Å²) >= 11 is 0. The average Bonchev–Trinajstić information content (AvgIpc) is 3.15. The number of benzene rings is 2. The van der Waals surface area contributed by atoms with Crippen LogP contribution >= 0.6 is 0 Å². The van der Waals surface area contributed by atoms with Crippen LogP contribution in [0.5, 0.6) is 5.75 Å². The van der Waals surface area contributed by atoms with Crippen molar-refractivity contribution < 1.29 is 9.53 Å². The van der Waals surface area contributed by atoms with Crippen LogP contribution in [0.1, 0.15) is 81.2 Å². The third-order valence-electron chi connectivity index (χ3n) is 7.30. The molecule has 4 atom stereocenters. The van der Waals surface area contributed by atoms with Crippen LogP contribution in [0.3, 0.4) is 0 Å². The molecule has 1 saturated carbocycles. The van der Waals surface area contributed by atoms with E-state index in [1.807, 2.05) is 13.8 Å². The summed E-state index contributed by atoms with van der Waals surface area (Å²) in [5.74, 6) is 3.45. The smallest absolute Gasteiger partial charge is 0.141 e. The van der Waals surface area contributed by atoms with Gasteiger partial charge in [-0.1, -0.05) is 70.4 Å². The van der Waals surface area contributed by atoms with E-state index >= 15 is 0 Å². The lowest BCUT2D eigenvalue weighted by atomic mass is 9.68. The summed E-state index contributed by atoms with van der Waals surface area (Å²) in [6.07, 6.45) is 9.10. The number of hydrogen-bond donors (Lipinski definition) is 0. The van der Waals surface area contributed by atoms with Crippen molar-refractivity contribution in [1.82, 2.24) is 0 Å². The molecule has 1 unspecified atom stereocenters. The number of rotatable bonds is 3. The van der Waals surface area contributed by atoms with E-state index in [2.05, 4.69) is 49.4 Å². The molecule has 0 aromatic heterocycles. The normalized spacial score (nSPS) is 27.5. The first-order valence-electron chi connectivity index (χ1n) is 12.1. The number of fused-ring (bicyclic) bond motifs is 2. The molecule has 0 radical (unpaired) electrons. The Kier molecular flexibility index (Phi) is 6.61. The molecule has 2 heteroatoms. The van der Waals surface area contributed by atoms with Gasteiger partial charge in [0.05, 0.1) is 0 Å². The predicted molar refractivity (Wildman–Crippen MR) is 123 cm³/mol. The quantitative estimate of drug-likeness (QED) is 0.557. The number of ketones is 1. The Hall–Kier alpha value is -2.09. The summed E-state index contributed by atoms with van der Waals surface area (Å²) in [6.45, 7) is 6.41. The maximum absolute atomic E-state index is 11.8. The molecule has 5 rings (SSSR count). The van der Waals surface area contributed by atoms with Crippen molar-refractivity contribution in [1.29, 1.82) is 0 Å². The standard InChI is InChI=1S/C26H30O2.C2H6/c1-17-5-4-7-20(13-17)25-12-10-18-6-2-3-8-24(18)26(25)28-23-11-9-19-14-22(27)15-21(19)16-23;1-2/h2-3,6,8-9,11,16-17,20,25-26H,4-5,7,10,12-15H2,1H3;1-2H3/t17-,20+,25?,26+;/m1./s1. The SMILES string of the molecule is CC.C[C@@H]1CCC[C@H](C2CCc3ccccc3[C@@H]2Oc2ccc3c(c2)CC(=O)C3)C1. The van der Waals surface area contributed by atoms with Gasteiger partial charge in [-0.15, -0.1) is 0 Å². The van der Waals surface area contributed by atoms with Crippen molar-refractivity contribution in [2.75, 3.05) is 0 Å². The summed E-state index contributed by atoms with van der Waals surface area (Å²) in [6, 6.07) is 15.2. The van der Waals surface area contributed by atoms with Gasteiger partial charge in [0, 0.05) is 18.8 Å². The summed E-state index contributed by atoms with van der Waals surface area (Å²) in [5, 5.41) is 0. The molecule has 3 aliphatic rings. The highest BCUT2D eigenvalue weighted by Gasteiger charge is 2.38. The van der Waals surface area contributed by atoms with E-state index in [0.29, 0.717) is 24.5 Å². The van der Waals surface area contributed by atoms with E-state index in [-0.39, 0.29) is 6.10 Å². The Morgan fingerprint density at radius 1 is 0.900 bits per heavy atom. The lowest BCUT2D eigenvalue weighted by molar-refractivity contribution is -0.117. The summed E-state index contributed by atoms with van der Waals surface area (Å²) in [4.78, 5) is 11.8. The zero-order valence-corrected chi connectivity index (χ0v) is 18.8. The van der Waals surface area contributed by atoms with Crippen LogP contribution in [0.25, 0.3) is 0 Å². The minimum Gasteiger partial charge on any atom is -0.485 e. The fraction of sp³-hybridized carbons (Fsp3) is 0.536. The molecule has 0 saturated heterocycles. The van der Waals surface area contributed by atoms with Gasteiger partial charge in [0.1, 0.15) is 17.6 Å². The Bertz CT molecular complexity index is 884. The van der Waals surface area contributed by atoms with E-state index < -0.39 is 0 Å². The van der Waals surface area contributed by atoms with E-state index in [0.717, 1.165) is 23.1 Å². The second kappa shape index (κ2) is 9.37. The van der Waals surface area contributed by atoms with Crippen molar-refractivity contribution in [3.63, 3.8) is 0 Å². The molecule has 2 nitrogen and oxygen atoms in total. The fourth-order valence-corrected chi connectivity index (χ4v) is 5.89. The topological polar surface area (TPSA) is 26.3 Å². The van der Waals surface area contributed by atoms with Crippen LogP contribution in [-0.4, -0.2) is 5.78 Å². The number of carbonyl (C=O) groups excluding carboxylic acids is 1. The Morgan fingerprint density at radius 3 is 2.53 bits per heavy atom. The van der Waals surface area contributed by atoms with Crippen LogP contribution in [0.4, 0.5) is 0 Å². The summed E-state index contributed by atoms with van der Waals surface area (Å²) < 4.78 is 6.73. The first-order valence-corrected chi connectivity index (χ1v) is 12.1. The van der Waals surface area contributed by atoms with E-state index in [1.54, 1.807) is 0 Å². The average molecular weight is 405 g/mol. The molecule has 0 heterocycles. The summed E-state index contributed by atoms with van der Waals surface area (Å²) in [5.41, 5.74) is 5.17. The zero-order valence-electron chi connectivity index (χ0n) is 18.8. The van der Waals surface area contributed by atoms with Gasteiger partial charge in [-0.25, -0.2) is 0 Å². The minimum absolute atomic E-state index is 0.135. The van der Waals surface area contributed by atoms with Crippen molar-refractivity contribution >= 4 is 5.78 Å². The van der Waals surface area contributed by atoms with Gasteiger partial charge < -0.3 is 4.74 Å². The van der Waals surface area contributed by atoms with E-state index in [1.165, 1.54) is 55.2 Å². The van der Waals surface area contributed by atoms with Crippen molar-refractivity contribution in [3.05, 3.63) is 64.7 Å². The fourth-order valence-electron chi connectivity index (χ4n) is 5.89. The van der Waals surface area contributed by atoms with Crippen LogP contribution in [0.2, 0.25) is 0 Å². The van der Waals surface area contributed by atoms with Crippen molar-refractivity contribution in [3.8, 4) is 5.75 Å². The highest BCUT2D eigenvalue weighted by Crippen LogP contribution is 2.46. The molecule has 30 heavy (non-hydrogen) atoms. The van der Waals surface area contributed by atoms with E-state index in [9.17, 15) is 4.79 Å². The minimum atomic E-state index is 0.135. The summed E-state index contributed by atoms with van der Waals surface area (Å²) in [7, 11) is 0. The molecule has 3 aliphatic carbocycles. The van der Waals surface area contributed by atoms with Crippen LogP contribution in [0.15, 0.2) is 42.5 Å². The lowest BCUT2D eigenvalue weighted by Gasteiger charge is -2.41. The first-order chi connectivity index (χ1) is 14.7. The van der Waals surface area contributed by atoms with Gasteiger partial charge >= 0.3 is 0 Å². The first kappa shape index (κ1) is 21.2. The number of Topliss-reactive ketones (excluding diaryl/α,β-unsaturated/α-hetero) is 1. The molecule has 160 valence electrons. The second-order valence-electron chi connectivity index (χ2n) is 9.29. The van der Waals surface area contributed by atoms with E-state index in [4.69, 9.17) is 4.74 Å². The van der Waals surface area contributed by atoms with Gasteiger partial charge in [0.25, 0.3) is 0 Å². The maximum atomic E-state index is 11.8. The van der Waals surface area contributed by atoms with Gasteiger partial charge in [0.15, 0.2) is 0 Å². The highest BCUT2D eigenvalue weighted by atomic mass is 16.5. The van der Waals surface area contributed by atoms with Crippen LogP contribution < -0.4 is 4.74 Å². The Balaban J connectivity index is 0.00000106. The monoisotopic (exact) mass is 404 g/mol. The highest BCUT2D eigenvalue weighted by molar-refractivity contribution is 5.88. The van der Waals surface area contributed by atoms with Crippen molar-refractivity contribution in [2.24, 2.45) is 17.8 Å². The molecule has 0 spiro atoms. The number of aryl methyl sites for hydroxylation is 1. The molecule has 1 fully saturated rings. The van der Waals surface area contributed by atoms with Gasteiger partial charge in [0.2, 0.25) is 0 Å². The molecule has 0 amide bonds. The Morgan fingerprint density at radius 2 is 1.70 bits per heavy atom. The number of hydrogen-bond acceptors (Lipinski definition) is 2. The molecule has 0 N–H and O–H groups in total. The Labute approximate surface area is 182 Å². The molecule has 2 aromatic rings. The van der Waals surface area contributed by atoms with Crippen LogP contribution in [0, 0.1) is 17.8 Å². The molecular formula is C28H36O2. The number of ether oxygens (including phenoxy) is 1. The number of carbonyl (C=O) groups is 1. The largest absolute Gasteiger partial charge is 0.485 e. The predicted octanol–water partition coefficient (Wildman–Crippen LogP) is 6.89. The third kappa shape index (κ3) is 4.33. The van der Waals surface area contributed by atoms with Crippen molar-refractivity contribution in [2.45, 2.75) is 78.2 Å². The maximum Gasteiger partial charge on any atom is 0.141 e. The van der Waals surface area contributed by atoms with Crippen LogP contribution in [-0.2, 0) is 24.1 Å². The lowest BCUT2D eigenvalue weighted by Crippen LogP contribution is -2.33. The van der Waals surface area contributed by atoms with Gasteiger partial charge in [-0.05, 0) is 65.5 Å². The molecule has 2 aromatic carbocycles. The second-order valence-corrected chi connectivity index (χ2v) is 9.29. The zero-order chi connectivity index (χ0) is 21.1. The van der Waals surface area contributed by atoms with Gasteiger partial charge in [-0.2, -0.15) is 0 Å². The molecule has 0 aliphatic heterocycles. The third-order valence-corrected chi connectivity index (χ3v) is 7.30. The van der Waals surface area contributed by atoms with Gasteiger partial charge in [-0.3, -0.25) is 4.79 Å². The molecular weight excluding hydrogens is 368 g/mol. The molecule has 0 bridgehead atoms.